The molecule has 1 N–H and O–H groups in total. The van der Waals surface area contributed by atoms with Gasteiger partial charge >= 0.3 is 0 Å². The minimum atomic E-state index is 0.365. The summed E-state index contributed by atoms with van der Waals surface area (Å²) in [5.41, 5.74) is 1.68. The van der Waals surface area contributed by atoms with Crippen molar-refractivity contribution in [2.24, 2.45) is 16.3 Å². The van der Waals surface area contributed by atoms with E-state index in [1.807, 2.05) is 7.05 Å². The van der Waals surface area contributed by atoms with Crippen molar-refractivity contribution in [3.63, 3.8) is 0 Å². The van der Waals surface area contributed by atoms with Gasteiger partial charge in [-0.25, -0.2) is 0 Å². The van der Waals surface area contributed by atoms with E-state index in [1.165, 1.54) is 18.4 Å². The van der Waals surface area contributed by atoms with E-state index < -0.39 is 0 Å². The van der Waals surface area contributed by atoms with Crippen LogP contribution in [0.15, 0.2) is 29.3 Å². The maximum absolute atomic E-state index is 5.74. The van der Waals surface area contributed by atoms with Crippen molar-refractivity contribution in [3.05, 3.63) is 29.8 Å². The predicted molar refractivity (Wildman–Crippen MR) is 106 cm³/mol. The molecule has 2 fully saturated rings. The van der Waals surface area contributed by atoms with Crippen molar-refractivity contribution in [3.8, 4) is 5.75 Å². The fraction of sp³-hybridized carbons (Fsp3) is 0.667. The molecule has 1 aromatic rings. The lowest BCUT2D eigenvalue weighted by Gasteiger charge is -2.25. The molecule has 2 heterocycles. The third-order valence-corrected chi connectivity index (χ3v) is 5.34. The van der Waals surface area contributed by atoms with Gasteiger partial charge in [0.05, 0.1) is 13.2 Å². The molecule has 5 heteroatoms. The molecule has 2 aliphatic rings. The number of hydrogen-bond acceptors (Lipinski definition) is 3. The minimum absolute atomic E-state index is 0.365. The molecule has 0 radical (unpaired) electrons. The van der Waals surface area contributed by atoms with E-state index in [4.69, 9.17) is 9.47 Å². The van der Waals surface area contributed by atoms with Crippen LogP contribution in [-0.2, 0) is 11.2 Å². The van der Waals surface area contributed by atoms with Gasteiger partial charge < -0.3 is 19.7 Å². The van der Waals surface area contributed by atoms with Crippen molar-refractivity contribution >= 4 is 5.96 Å². The Morgan fingerprint density at radius 2 is 2.12 bits per heavy atom. The number of likely N-dealkylation sites (tertiary alicyclic amines) is 1. The maximum atomic E-state index is 5.74. The second-order valence-corrected chi connectivity index (χ2v) is 8.05. The molecular weight excluding hydrogens is 326 g/mol. The first kappa shape index (κ1) is 19.0. The molecule has 1 atom stereocenters. The molecule has 0 saturated carbocycles. The first-order valence-corrected chi connectivity index (χ1v) is 9.85. The van der Waals surface area contributed by atoms with Crippen molar-refractivity contribution in [2.45, 2.75) is 33.1 Å². The largest absolute Gasteiger partial charge is 0.493 e. The van der Waals surface area contributed by atoms with Crippen molar-refractivity contribution in [1.29, 1.82) is 0 Å². The Bertz CT molecular complexity index is 592. The topological polar surface area (TPSA) is 46.1 Å². The summed E-state index contributed by atoms with van der Waals surface area (Å²) in [6.45, 7) is 9.93. The highest BCUT2D eigenvalue weighted by molar-refractivity contribution is 5.80. The molecule has 0 aromatic heterocycles. The summed E-state index contributed by atoms with van der Waals surface area (Å²) < 4.78 is 11.4. The highest BCUT2D eigenvalue weighted by Crippen LogP contribution is 2.38. The Morgan fingerprint density at radius 1 is 1.31 bits per heavy atom. The molecule has 2 saturated heterocycles. The Labute approximate surface area is 157 Å². The van der Waals surface area contributed by atoms with Crippen LogP contribution in [-0.4, -0.2) is 57.4 Å². The van der Waals surface area contributed by atoms with Gasteiger partial charge in [0.1, 0.15) is 5.75 Å². The normalized spacial score (nSPS) is 23.2. The summed E-state index contributed by atoms with van der Waals surface area (Å²) in [6.07, 6.45) is 3.38. The molecular formula is C21H33N3O2. The fourth-order valence-electron chi connectivity index (χ4n) is 3.75. The quantitative estimate of drug-likeness (QED) is 0.627. The molecule has 0 aliphatic carbocycles. The molecule has 144 valence electrons. The van der Waals surface area contributed by atoms with Gasteiger partial charge in [0.2, 0.25) is 0 Å². The zero-order valence-electron chi connectivity index (χ0n) is 16.5. The second-order valence-electron chi connectivity index (χ2n) is 8.05. The molecule has 26 heavy (non-hydrogen) atoms. The minimum Gasteiger partial charge on any atom is -0.493 e. The molecule has 1 spiro atoms. The lowest BCUT2D eigenvalue weighted by molar-refractivity contribution is 0.156. The zero-order valence-corrected chi connectivity index (χ0v) is 16.5. The van der Waals surface area contributed by atoms with Gasteiger partial charge in [-0.3, -0.25) is 4.99 Å². The summed E-state index contributed by atoms with van der Waals surface area (Å²) in [6, 6.07) is 8.44. The number of guanidine groups is 1. The standard InChI is InChI=1S/C21H33N3O2/c1-17(2)14-26-19-6-4-18(5-7-19)8-11-23-20(22-3)24-12-9-21(15-24)10-13-25-16-21/h4-7,17H,8-16H2,1-3H3,(H,22,23). The van der Waals surface area contributed by atoms with Crippen molar-refractivity contribution in [2.75, 3.05) is 46.5 Å². The molecule has 0 bridgehead atoms. The number of nitrogens with zero attached hydrogens (tertiary/aromatic N) is 2. The average molecular weight is 360 g/mol. The molecule has 1 aromatic carbocycles. The summed E-state index contributed by atoms with van der Waals surface area (Å²) in [5, 5.41) is 3.52. The highest BCUT2D eigenvalue weighted by atomic mass is 16.5. The monoisotopic (exact) mass is 359 g/mol. The number of rotatable bonds is 6. The van der Waals surface area contributed by atoms with E-state index in [-0.39, 0.29) is 0 Å². The third-order valence-electron chi connectivity index (χ3n) is 5.34. The molecule has 1 unspecified atom stereocenters. The number of nitrogens with one attached hydrogen (secondary N) is 1. The first-order valence-electron chi connectivity index (χ1n) is 9.85. The fourth-order valence-corrected chi connectivity index (χ4v) is 3.75. The van der Waals surface area contributed by atoms with E-state index in [0.29, 0.717) is 11.3 Å². The SMILES string of the molecule is CN=C(NCCc1ccc(OCC(C)C)cc1)N1CCC2(CCOC2)C1. The Kier molecular flexibility index (Phi) is 6.41. The summed E-state index contributed by atoms with van der Waals surface area (Å²) in [7, 11) is 1.87. The van der Waals surface area contributed by atoms with Crippen LogP contribution in [0, 0.1) is 11.3 Å². The lowest BCUT2D eigenvalue weighted by atomic mass is 9.87. The van der Waals surface area contributed by atoms with Gasteiger partial charge in [-0.15, -0.1) is 0 Å². The molecule has 5 nitrogen and oxygen atoms in total. The molecule has 2 aliphatic heterocycles. The number of aliphatic imine (C=N–C) groups is 1. The number of hydrogen-bond donors (Lipinski definition) is 1. The Morgan fingerprint density at radius 3 is 2.77 bits per heavy atom. The van der Waals surface area contributed by atoms with E-state index in [2.05, 4.69) is 53.3 Å². The summed E-state index contributed by atoms with van der Waals surface area (Å²) in [5.74, 6) is 2.52. The number of benzene rings is 1. The van der Waals surface area contributed by atoms with E-state index in [1.54, 1.807) is 0 Å². The van der Waals surface area contributed by atoms with Crippen molar-refractivity contribution in [1.82, 2.24) is 10.2 Å². The van der Waals surface area contributed by atoms with Gasteiger partial charge in [0, 0.05) is 38.7 Å². The van der Waals surface area contributed by atoms with Crippen LogP contribution in [0.4, 0.5) is 0 Å². The van der Waals surface area contributed by atoms with Gasteiger partial charge in [0.25, 0.3) is 0 Å². The van der Waals surface area contributed by atoms with E-state index in [0.717, 1.165) is 57.6 Å². The first-order chi connectivity index (χ1) is 12.6. The van der Waals surface area contributed by atoms with Crippen LogP contribution >= 0.6 is 0 Å². The number of ether oxygens (including phenoxy) is 2. The van der Waals surface area contributed by atoms with Gasteiger partial charge in [-0.1, -0.05) is 26.0 Å². The predicted octanol–water partition coefficient (Wildman–Crippen LogP) is 2.95. The van der Waals surface area contributed by atoms with E-state index in [9.17, 15) is 0 Å². The Hall–Kier alpha value is -1.75. The lowest BCUT2D eigenvalue weighted by Crippen LogP contribution is -2.42. The maximum Gasteiger partial charge on any atom is 0.193 e. The van der Waals surface area contributed by atoms with Crippen LogP contribution in [0.2, 0.25) is 0 Å². The van der Waals surface area contributed by atoms with Crippen LogP contribution in [0.1, 0.15) is 32.3 Å². The van der Waals surface area contributed by atoms with Crippen LogP contribution in [0.25, 0.3) is 0 Å². The third kappa shape index (κ3) is 4.91. The van der Waals surface area contributed by atoms with Crippen LogP contribution in [0.3, 0.4) is 0 Å². The summed E-state index contributed by atoms with van der Waals surface area (Å²) in [4.78, 5) is 6.87. The second kappa shape index (κ2) is 8.76. The van der Waals surface area contributed by atoms with Crippen molar-refractivity contribution < 1.29 is 9.47 Å². The molecule has 0 amide bonds. The van der Waals surface area contributed by atoms with Gasteiger partial charge in [-0.05, 0) is 42.9 Å². The van der Waals surface area contributed by atoms with E-state index >= 15 is 0 Å². The van der Waals surface area contributed by atoms with Gasteiger partial charge in [-0.2, -0.15) is 0 Å². The Balaban J connectivity index is 1.43. The molecule has 3 rings (SSSR count). The van der Waals surface area contributed by atoms with Crippen LogP contribution in [0.5, 0.6) is 5.75 Å². The van der Waals surface area contributed by atoms with Gasteiger partial charge in [0.15, 0.2) is 5.96 Å². The van der Waals surface area contributed by atoms with Crippen LogP contribution < -0.4 is 10.1 Å². The smallest absolute Gasteiger partial charge is 0.193 e. The zero-order chi connectivity index (χ0) is 18.4. The average Bonchev–Trinajstić information content (AvgIpc) is 3.28. The highest BCUT2D eigenvalue weighted by Gasteiger charge is 2.42. The summed E-state index contributed by atoms with van der Waals surface area (Å²) >= 11 is 0.